The summed E-state index contributed by atoms with van der Waals surface area (Å²) in [4.78, 5) is 4.45. The molecule has 1 aromatic heterocycles. The molecule has 0 atom stereocenters. The average Bonchev–Trinajstić information content (AvgIpc) is 2.71. The first-order valence-electron chi connectivity index (χ1n) is 7.14. The van der Waals surface area contributed by atoms with E-state index in [1.165, 1.54) is 12.1 Å². The molecule has 0 amide bonds. The molecule has 0 aliphatic heterocycles. The van der Waals surface area contributed by atoms with E-state index in [0.717, 1.165) is 17.9 Å². The van der Waals surface area contributed by atoms with E-state index in [0.29, 0.717) is 29.2 Å². The van der Waals surface area contributed by atoms with Crippen LogP contribution in [0.5, 0.6) is 0 Å². The Morgan fingerprint density at radius 3 is 2.40 bits per heavy atom. The van der Waals surface area contributed by atoms with Crippen molar-refractivity contribution in [3.05, 3.63) is 29.8 Å². The van der Waals surface area contributed by atoms with E-state index < -0.39 is 0 Å². The fraction of sp³-hybridized carbons (Fsp3) is 0.562. The minimum absolute atomic E-state index is 0.257. The van der Waals surface area contributed by atoms with E-state index in [-0.39, 0.29) is 5.82 Å². The third-order valence-corrected chi connectivity index (χ3v) is 4.25. The van der Waals surface area contributed by atoms with Crippen molar-refractivity contribution in [1.29, 1.82) is 0 Å². The summed E-state index contributed by atoms with van der Waals surface area (Å²) in [6.07, 6.45) is 0. The van der Waals surface area contributed by atoms with E-state index in [1.807, 2.05) is 0 Å². The zero-order valence-electron chi connectivity index (χ0n) is 12.5. The van der Waals surface area contributed by atoms with Gasteiger partial charge in [-0.2, -0.15) is 0 Å². The zero-order chi connectivity index (χ0) is 14.9. The van der Waals surface area contributed by atoms with Gasteiger partial charge >= 0.3 is 0 Å². The van der Waals surface area contributed by atoms with Gasteiger partial charge in [-0.3, -0.25) is 0 Å². The number of nitrogens with zero attached hydrogens (tertiary/aromatic N) is 2. The Bertz CT molecular complexity index is 581. The van der Waals surface area contributed by atoms with Gasteiger partial charge in [0.1, 0.15) is 11.6 Å². The molecule has 0 saturated carbocycles. The molecule has 0 unspecified atom stereocenters. The first-order valence-corrected chi connectivity index (χ1v) is 7.68. The molecule has 0 bridgehead atoms. The molecule has 2 rings (SSSR count). The molecule has 2 nitrogen and oxygen atoms in total. The summed E-state index contributed by atoms with van der Waals surface area (Å²) in [6.45, 7) is 9.83. The SMILES string of the molecule is CC(C)C(Cn1c(CCl)nc2cc(F)ccc21)C(C)C. The normalized spacial score (nSPS) is 12.2. The monoisotopic (exact) mass is 296 g/mol. The molecule has 0 N–H and O–H groups in total. The Labute approximate surface area is 125 Å². The van der Waals surface area contributed by atoms with Gasteiger partial charge in [0.15, 0.2) is 0 Å². The van der Waals surface area contributed by atoms with Crippen LogP contribution in [0.3, 0.4) is 0 Å². The summed E-state index contributed by atoms with van der Waals surface area (Å²) in [5.74, 6) is 2.61. The molecule has 0 aliphatic carbocycles. The van der Waals surface area contributed by atoms with Crippen LogP contribution in [0.25, 0.3) is 11.0 Å². The number of imidazole rings is 1. The number of fused-ring (bicyclic) bond motifs is 1. The van der Waals surface area contributed by atoms with Crippen LogP contribution in [-0.2, 0) is 12.4 Å². The predicted octanol–water partition coefficient (Wildman–Crippen LogP) is 4.84. The van der Waals surface area contributed by atoms with Crippen LogP contribution in [0.4, 0.5) is 4.39 Å². The summed E-state index contributed by atoms with van der Waals surface area (Å²) in [7, 11) is 0. The first kappa shape index (κ1) is 15.3. The highest BCUT2D eigenvalue weighted by atomic mass is 35.5. The number of hydrogen-bond donors (Lipinski definition) is 0. The molecule has 0 aliphatic rings. The van der Waals surface area contributed by atoms with Crippen LogP contribution >= 0.6 is 11.6 Å². The third-order valence-electron chi connectivity index (χ3n) is 4.01. The largest absolute Gasteiger partial charge is 0.327 e. The number of alkyl halides is 1. The summed E-state index contributed by atoms with van der Waals surface area (Å²) in [6, 6.07) is 4.76. The molecule has 0 fully saturated rings. The van der Waals surface area contributed by atoms with Gasteiger partial charge in [0, 0.05) is 12.6 Å². The topological polar surface area (TPSA) is 17.8 Å². The molecule has 0 saturated heterocycles. The number of aromatic nitrogens is 2. The van der Waals surface area contributed by atoms with Crippen molar-refractivity contribution >= 4 is 22.6 Å². The summed E-state index contributed by atoms with van der Waals surface area (Å²) >= 11 is 6.01. The van der Waals surface area contributed by atoms with Crippen molar-refractivity contribution in [1.82, 2.24) is 9.55 Å². The van der Waals surface area contributed by atoms with Crippen molar-refractivity contribution in [2.24, 2.45) is 17.8 Å². The highest BCUT2D eigenvalue weighted by Crippen LogP contribution is 2.26. The second-order valence-electron chi connectivity index (χ2n) is 6.06. The number of benzene rings is 1. The minimum Gasteiger partial charge on any atom is -0.327 e. The molecule has 2 aromatic rings. The van der Waals surface area contributed by atoms with Crippen LogP contribution in [0, 0.1) is 23.6 Å². The van der Waals surface area contributed by atoms with E-state index in [2.05, 4.69) is 37.2 Å². The second-order valence-corrected chi connectivity index (χ2v) is 6.32. The average molecular weight is 297 g/mol. The van der Waals surface area contributed by atoms with E-state index >= 15 is 0 Å². The number of hydrogen-bond acceptors (Lipinski definition) is 1. The van der Waals surface area contributed by atoms with Crippen LogP contribution in [0.15, 0.2) is 18.2 Å². The summed E-state index contributed by atoms with van der Waals surface area (Å²) in [5.41, 5.74) is 1.65. The van der Waals surface area contributed by atoms with Crippen LogP contribution in [-0.4, -0.2) is 9.55 Å². The number of rotatable bonds is 5. The van der Waals surface area contributed by atoms with Crippen LogP contribution in [0.2, 0.25) is 0 Å². The van der Waals surface area contributed by atoms with E-state index in [9.17, 15) is 4.39 Å². The van der Waals surface area contributed by atoms with Crippen molar-refractivity contribution in [2.75, 3.05) is 0 Å². The van der Waals surface area contributed by atoms with Crippen molar-refractivity contribution in [3.8, 4) is 0 Å². The lowest BCUT2D eigenvalue weighted by molar-refractivity contribution is 0.252. The second kappa shape index (κ2) is 6.13. The van der Waals surface area contributed by atoms with E-state index in [4.69, 9.17) is 11.6 Å². The van der Waals surface area contributed by atoms with Gasteiger partial charge < -0.3 is 4.57 Å². The quantitative estimate of drug-likeness (QED) is 0.722. The smallest absolute Gasteiger partial charge is 0.125 e. The van der Waals surface area contributed by atoms with Gasteiger partial charge in [-0.1, -0.05) is 27.7 Å². The summed E-state index contributed by atoms with van der Waals surface area (Å²) in [5, 5.41) is 0. The summed E-state index contributed by atoms with van der Waals surface area (Å²) < 4.78 is 15.5. The van der Waals surface area contributed by atoms with Crippen molar-refractivity contribution in [2.45, 2.75) is 40.1 Å². The Hall–Kier alpha value is -1.09. The Morgan fingerprint density at radius 2 is 1.85 bits per heavy atom. The highest BCUT2D eigenvalue weighted by Gasteiger charge is 2.21. The maximum Gasteiger partial charge on any atom is 0.125 e. The van der Waals surface area contributed by atoms with Crippen LogP contribution in [0.1, 0.15) is 33.5 Å². The van der Waals surface area contributed by atoms with Crippen molar-refractivity contribution in [3.63, 3.8) is 0 Å². The molecule has 4 heteroatoms. The third kappa shape index (κ3) is 2.98. The molecule has 0 radical (unpaired) electrons. The van der Waals surface area contributed by atoms with E-state index in [1.54, 1.807) is 6.07 Å². The van der Waals surface area contributed by atoms with Gasteiger partial charge in [-0.25, -0.2) is 9.37 Å². The maximum atomic E-state index is 13.3. The van der Waals surface area contributed by atoms with Gasteiger partial charge in [0.05, 0.1) is 16.9 Å². The lowest BCUT2D eigenvalue weighted by Crippen LogP contribution is -2.22. The highest BCUT2D eigenvalue weighted by molar-refractivity contribution is 6.16. The molecule has 0 spiro atoms. The molecular weight excluding hydrogens is 275 g/mol. The zero-order valence-corrected chi connectivity index (χ0v) is 13.3. The fourth-order valence-electron chi connectivity index (χ4n) is 2.86. The molecule has 110 valence electrons. The van der Waals surface area contributed by atoms with Crippen molar-refractivity contribution < 1.29 is 4.39 Å². The van der Waals surface area contributed by atoms with Gasteiger partial charge in [-0.05, 0) is 29.9 Å². The Kier molecular flexibility index (Phi) is 4.69. The molecule has 1 heterocycles. The van der Waals surface area contributed by atoms with Gasteiger partial charge in [0.2, 0.25) is 0 Å². The maximum absolute atomic E-state index is 13.3. The minimum atomic E-state index is -0.257. The number of halogens is 2. The lowest BCUT2D eigenvalue weighted by atomic mass is 9.85. The standard InChI is InChI=1S/C16H22ClFN2/c1-10(2)13(11(3)4)9-20-15-6-5-12(18)7-14(15)19-16(20)8-17/h5-7,10-11,13H,8-9H2,1-4H3. The molecular formula is C16H22ClFN2. The fourth-order valence-corrected chi connectivity index (χ4v) is 3.06. The Balaban J connectivity index is 2.46. The lowest BCUT2D eigenvalue weighted by Gasteiger charge is -2.26. The van der Waals surface area contributed by atoms with Crippen LogP contribution < -0.4 is 0 Å². The Morgan fingerprint density at radius 1 is 1.20 bits per heavy atom. The predicted molar refractivity (Wildman–Crippen MR) is 82.4 cm³/mol. The van der Waals surface area contributed by atoms with Gasteiger partial charge in [-0.15, -0.1) is 11.6 Å². The first-order chi connectivity index (χ1) is 9.43. The molecule has 1 aromatic carbocycles. The van der Waals surface area contributed by atoms with Gasteiger partial charge in [0.25, 0.3) is 0 Å². The molecule has 20 heavy (non-hydrogen) atoms.